The predicted molar refractivity (Wildman–Crippen MR) is 368 cm³/mol. The minimum Gasteiger partial charge on any atom is -0.545 e. The minimum atomic E-state index is -1.28. The summed E-state index contributed by atoms with van der Waals surface area (Å²) >= 11 is 0. The minimum absolute atomic E-state index is 0. The van der Waals surface area contributed by atoms with Crippen molar-refractivity contribution in [2.45, 2.75) is 237 Å². The van der Waals surface area contributed by atoms with Crippen LogP contribution >= 0.6 is 0 Å². The molecule has 0 unspecified atom stereocenters. The van der Waals surface area contributed by atoms with E-state index in [9.17, 15) is 39.6 Å². The topological polar surface area (TPSA) is 271 Å². The summed E-state index contributed by atoms with van der Waals surface area (Å²) in [7, 11) is 0. The van der Waals surface area contributed by atoms with Crippen molar-refractivity contribution in [2.24, 2.45) is 0 Å². The molecule has 0 heterocycles. The first kappa shape index (κ1) is 90.1. The van der Waals surface area contributed by atoms with E-state index in [-0.39, 0.29) is 67.0 Å². The molecule has 0 fully saturated rings. The second-order valence-electron chi connectivity index (χ2n) is 22.7. The number of carbonyl (C=O) groups excluding carboxylic acids is 4. The number of carboxylic acid groups (broad SMARTS) is 4. The van der Waals surface area contributed by atoms with Crippen molar-refractivity contribution in [3.05, 3.63) is 70.8 Å². The Morgan fingerprint density at radius 1 is 0.216 bits per heavy atom. The number of rotatable bonds is 52. The number of unbranched alkanes of at least 4 members (excludes halogenated alkanes) is 12. The molecule has 21 heteroatoms. The molecule has 0 N–H and O–H groups in total. The summed E-state index contributed by atoms with van der Waals surface area (Å²) < 4.78 is 69.3. The monoisotopic (exact) mass is 1400 g/mol. The molecule has 0 saturated heterocycles. The van der Waals surface area contributed by atoms with E-state index >= 15 is 0 Å². The van der Waals surface area contributed by atoms with E-state index in [1.54, 1.807) is 24.3 Å². The van der Waals surface area contributed by atoms with Gasteiger partial charge in [0.15, 0.2) is 46.0 Å². The zero-order chi connectivity index (χ0) is 71.1. The van der Waals surface area contributed by atoms with Crippen LogP contribution in [0.3, 0.4) is 0 Å². The third kappa shape index (κ3) is 35.9. The van der Waals surface area contributed by atoms with Gasteiger partial charge in [0.2, 0.25) is 23.0 Å². The van der Waals surface area contributed by atoms with Crippen LogP contribution in [-0.2, 0) is 21.7 Å². The molecule has 0 radical (unpaired) electrons. The maximum absolute atomic E-state index is 11.4. The average Bonchev–Trinajstić information content (AvgIpc) is 0.854. The Bertz CT molecular complexity index is 2370. The van der Waals surface area contributed by atoms with E-state index in [0.717, 1.165) is 154 Å². The van der Waals surface area contributed by atoms with Crippen LogP contribution in [0.2, 0.25) is 0 Å². The van der Waals surface area contributed by atoms with Gasteiger partial charge in [-0.05, 0) is 126 Å². The summed E-state index contributed by atoms with van der Waals surface area (Å²) in [4.78, 5) is 45.7. The van der Waals surface area contributed by atoms with Crippen LogP contribution in [-0.4, -0.2) is 103 Å². The van der Waals surface area contributed by atoms with Crippen molar-refractivity contribution in [3.8, 4) is 69.0 Å². The van der Waals surface area contributed by atoms with Gasteiger partial charge in [0.05, 0.1) is 103 Å². The zero-order valence-corrected chi connectivity index (χ0v) is 62.3. The summed E-state index contributed by atoms with van der Waals surface area (Å²) in [5.74, 6) is -0.652. The van der Waals surface area contributed by atoms with Gasteiger partial charge in [-0.25, -0.2) is 0 Å². The number of carbonyl (C=O) groups is 4. The fraction of sp³-hybridized carbons (Fsp3) is 0.632. The molecule has 0 amide bonds. The Balaban J connectivity index is 0.00000126. The van der Waals surface area contributed by atoms with E-state index in [2.05, 4.69) is 55.4 Å². The maximum atomic E-state index is 11.4. The molecule has 0 aromatic heterocycles. The molecule has 20 nitrogen and oxygen atoms in total. The SMILES string of the molecule is CCCCOc1ccc(C(=O)[O-])c(OCCCC)c1OCCCC.CCCCOc1ccc(C(=O)[O-])c(OCCCC)c1OCCCC.CCCCOc1ccc(C(=O)[O-])c(OCCCC)c1OCCCC.CCCCOc1ccc(C(=O)[O-])c(OCCCC)c1OCCCC.[Ti+4]. The Kier molecular flexibility index (Phi) is 53.9. The van der Waals surface area contributed by atoms with E-state index in [0.29, 0.717) is 125 Å². The second kappa shape index (κ2) is 58.1. The number of ether oxygens (including phenoxy) is 12. The van der Waals surface area contributed by atoms with Gasteiger partial charge in [0.1, 0.15) is 0 Å². The van der Waals surface area contributed by atoms with E-state index in [1.165, 1.54) is 24.3 Å². The number of hydrogen-bond donors (Lipinski definition) is 0. The van der Waals surface area contributed by atoms with Crippen molar-refractivity contribution in [2.75, 3.05) is 79.3 Å². The first-order valence-corrected chi connectivity index (χ1v) is 35.7. The zero-order valence-electron chi connectivity index (χ0n) is 60.7. The molecule has 544 valence electrons. The summed E-state index contributed by atoms with van der Waals surface area (Å²) in [5, 5.41) is 45.7. The average molecular weight is 1400 g/mol. The Morgan fingerprint density at radius 3 is 0.464 bits per heavy atom. The van der Waals surface area contributed by atoms with Crippen LogP contribution < -0.4 is 77.3 Å². The molecule has 4 aromatic carbocycles. The van der Waals surface area contributed by atoms with Crippen LogP contribution in [0.25, 0.3) is 0 Å². The first-order chi connectivity index (χ1) is 46.6. The Morgan fingerprint density at radius 2 is 0.340 bits per heavy atom. The molecule has 0 aliphatic heterocycles. The summed E-state index contributed by atoms with van der Waals surface area (Å²) in [5.41, 5.74) is 0.00164. The molecule has 4 rings (SSSR count). The quantitative estimate of drug-likeness (QED) is 0.0293. The van der Waals surface area contributed by atoms with Crippen LogP contribution in [0.15, 0.2) is 48.5 Å². The molecule has 4 aromatic rings. The summed E-state index contributed by atoms with van der Waals surface area (Å²) in [6, 6.07) is 12.3. The smallest absolute Gasteiger partial charge is 0.545 e. The maximum Gasteiger partial charge on any atom is 4.00 e. The normalized spacial score (nSPS) is 10.4. The van der Waals surface area contributed by atoms with Gasteiger partial charge < -0.3 is 96.4 Å². The molecule has 0 bridgehead atoms. The van der Waals surface area contributed by atoms with Crippen LogP contribution in [0.5, 0.6) is 69.0 Å². The molecule has 0 spiro atoms. The molecular weight excluding hydrogens is 1280 g/mol. The van der Waals surface area contributed by atoms with Gasteiger partial charge >= 0.3 is 21.7 Å². The van der Waals surface area contributed by atoms with Gasteiger partial charge in [-0.1, -0.05) is 160 Å². The van der Waals surface area contributed by atoms with Gasteiger partial charge in [-0.15, -0.1) is 0 Å². The van der Waals surface area contributed by atoms with E-state index in [1.807, 2.05) is 27.7 Å². The fourth-order valence-corrected chi connectivity index (χ4v) is 8.25. The molecule has 0 aliphatic rings. The third-order valence-electron chi connectivity index (χ3n) is 14.2. The van der Waals surface area contributed by atoms with Crippen LogP contribution in [0.1, 0.15) is 279 Å². The van der Waals surface area contributed by atoms with Gasteiger partial charge in [0.25, 0.3) is 0 Å². The van der Waals surface area contributed by atoms with Gasteiger partial charge in [-0.2, -0.15) is 0 Å². The predicted octanol–water partition coefficient (Wildman–Crippen LogP) is 14.3. The molecule has 0 saturated carbocycles. The molecule has 0 atom stereocenters. The molecule has 0 aliphatic carbocycles. The number of aromatic carboxylic acids is 4. The molecular formula is C76H116O20Ti. The van der Waals surface area contributed by atoms with Crippen molar-refractivity contribution in [1.82, 2.24) is 0 Å². The van der Waals surface area contributed by atoms with E-state index in [4.69, 9.17) is 56.8 Å². The van der Waals surface area contributed by atoms with Crippen molar-refractivity contribution >= 4 is 23.9 Å². The molecule has 97 heavy (non-hydrogen) atoms. The number of benzene rings is 4. The fourth-order valence-electron chi connectivity index (χ4n) is 8.25. The van der Waals surface area contributed by atoms with Gasteiger partial charge in [-0.3, -0.25) is 0 Å². The second-order valence-corrected chi connectivity index (χ2v) is 22.7. The van der Waals surface area contributed by atoms with Crippen molar-refractivity contribution in [1.29, 1.82) is 0 Å². The first-order valence-electron chi connectivity index (χ1n) is 35.7. The number of hydrogen-bond acceptors (Lipinski definition) is 20. The van der Waals surface area contributed by atoms with Crippen molar-refractivity contribution < 1.29 is 118 Å². The van der Waals surface area contributed by atoms with Crippen molar-refractivity contribution in [3.63, 3.8) is 0 Å². The standard InChI is InChI=1S/4C19H30O5.Ti/c4*1-4-7-12-22-16-11-10-15(19(20)21)17(23-13-8-5-2)18(16)24-14-9-6-3;/h4*10-11H,4-9,12-14H2,1-3H3,(H,20,21);/q;;;;+4/p-4. The van der Waals surface area contributed by atoms with Crippen LogP contribution in [0, 0.1) is 0 Å². The summed E-state index contributed by atoms with van der Waals surface area (Å²) in [6.07, 6.45) is 22.3. The Hall–Kier alpha value is -6.93. The third-order valence-corrected chi connectivity index (χ3v) is 14.2. The van der Waals surface area contributed by atoms with Gasteiger partial charge in [0, 0.05) is 22.3 Å². The van der Waals surface area contributed by atoms with E-state index < -0.39 is 23.9 Å². The number of carboxylic acids is 4. The van der Waals surface area contributed by atoms with Crippen LogP contribution in [0.4, 0.5) is 0 Å². The largest absolute Gasteiger partial charge is 4.00 e. The Labute approximate surface area is 595 Å². The summed E-state index contributed by atoms with van der Waals surface area (Å²) in [6.45, 7) is 30.7.